The van der Waals surface area contributed by atoms with Gasteiger partial charge in [-0.1, -0.05) is 24.3 Å². The number of rotatable bonds is 4. The summed E-state index contributed by atoms with van der Waals surface area (Å²) in [6.07, 6.45) is 6.64. The van der Waals surface area contributed by atoms with Gasteiger partial charge in [0.05, 0.1) is 6.04 Å². The summed E-state index contributed by atoms with van der Waals surface area (Å²) in [5.41, 5.74) is 3.26. The second-order valence-electron chi connectivity index (χ2n) is 6.73. The second-order valence-corrected chi connectivity index (χ2v) is 6.73. The molecule has 3 rings (SSSR count). The van der Waals surface area contributed by atoms with Crippen LogP contribution in [0.2, 0.25) is 0 Å². The molecule has 1 aromatic carbocycles. The number of piperidine rings is 1. The van der Waals surface area contributed by atoms with Gasteiger partial charge < -0.3 is 9.80 Å². The van der Waals surface area contributed by atoms with E-state index in [0.29, 0.717) is 0 Å². The van der Waals surface area contributed by atoms with E-state index in [1.54, 1.807) is 24.5 Å². The van der Waals surface area contributed by atoms with Gasteiger partial charge in [-0.15, -0.1) is 0 Å². The molecule has 1 unspecified atom stereocenters. The lowest BCUT2D eigenvalue weighted by atomic mass is 9.94. The molecule has 0 spiro atoms. The average molecular weight is 323 g/mol. The van der Waals surface area contributed by atoms with Crippen LogP contribution in [-0.4, -0.2) is 41.3 Å². The third kappa shape index (κ3) is 3.82. The second kappa shape index (κ2) is 7.58. The lowest BCUT2D eigenvalue weighted by Gasteiger charge is -2.36. The van der Waals surface area contributed by atoms with Gasteiger partial charge in [0.1, 0.15) is 0 Å². The minimum Gasteiger partial charge on any atom is -0.332 e. The van der Waals surface area contributed by atoms with Crippen molar-refractivity contribution in [3.63, 3.8) is 0 Å². The molecule has 2 aromatic rings. The van der Waals surface area contributed by atoms with Crippen LogP contribution in [0.15, 0.2) is 48.8 Å². The number of likely N-dealkylation sites (tertiary alicyclic amines) is 1. The van der Waals surface area contributed by atoms with Gasteiger partial charge in [0.2, 0.25) is 0 Å². The molecule has 0 aliphatic carbocycles. The van der Waals surface area contributed by atoms with Crippen molar-refractivity contribution in [2.45, 2.75) is 31.8 Å². The molecule has 4 nitrogen and oxygen atoms in total. The molecule has 126 valence electrons. The first-order chi connectivity index (χ1) is 11.6. The van der Waals surface area contributed by atoms with Gasteiger partial charge in [0, 0.05) is 31.0 Å². The molecule has 4 heteroatoms. The highest BCUT2D eigenvalue weighted by Crippen LogP contribution is 2.32. The molecule has 0 N–H and O–H groups in total. The minimum absolute atomic E-state index is 0.111. The minimum atomic E-state index is 0.111. The Labute approximate surface area is 144 Å². The molecule has 1 amide bonds. The van der Waals surface area contributed by atoms with Crippen LogP contribution in [0.4, 0.5) is 0 Å². The van der Waals surface area contributed by atoms with E-state index in [2.05, 4.69) is 48.2 Å². The summed E-state index contributed by atoms with van der Waals surface area (Å²) in [4.78, 5) is 21.1. The Morgan fingerprint density at radius 1 is 1.12 bits per heavy atom. The van der Waals surface area contributed by atoms with Crippen molar-refractivity contribution in [3.8, 4) is 0 Å². The highest BCUT2D eigenvalue weighted by molar-refractivity contribution is 5.94. The summed E-state index contributed by atoms with van der Waals surface area (Å²) in [6, 6.07) is 12.5. The fourth-order valence-corrected chi connectivity index (χ4v) is 3.39. The van der Waals surface area contributed by atoms with Gasteiger partial charge in [-0.25, -0.2) is 0 Å². The van der Waals surface area contributed by atoms with Crippen molar-refractivity contribution in [1.82, 2.24) is 14.8 Å². The van der Waals surface area contributed by atoms with Crippen LogP contribution < -0.4 is 0 Å². The Hall–Kier alpha value is -2.20. The Balaban J connectivity index is 1.80. The third-order valence-electron chi connectivity index (χ3n) is 4.55. The van der Waals surface area contributed by atoms with Crippen molar-refractivity contribution >= 4 is 5.91 Å². The SMILES string of the molecule is CN(C)Cc1ccc(C2CCCCN2C(=O)c2ccncc2)cc1. The number of nitrogens with zero attached hydrogens (tertiary/aromatic N) is 3. The zero-order valence-electron chi connectivity index (χ0n) is 14.5. The average Bonchev–Trinajstić information content (AvgIpc) is 2.62. The van der Waals surface area contributed by atoms with Crippen molar-refractivity contribution in [3.05, 3.63) is 65.5 Å². The molecule has 1 aliphatic rings. The normalized spacial score (nSPS) is 18.0. The predicted molar refractivity (Wildman–Crippen MR) is 95.7 cm³/mol. The smallest absolute Gasteiger partial charge is 0.254 e. The van der Waals surface area contributed by atoms with Crippen molar-refractivity contribution in [1.29, 1.82) is 0 Å². The van der Waals surface area contributed by atoms with Gasteiger partial charge in [-0.2, -0.15) is 0 Å². The molecule has 1 saturated heterocycles. The van der Waals surface area contributed by atoms with E-state index in [9.17, 15) is 4.79 Å². The van der Waals surface area contributed by atoms with Crippen LogP contribution in [0.3, 0.4) is 0 Å². The predicted octanol–water partition coefficient (Wildman–Crippen LogP) is 3.51. The third-order valence-corrected chi connectivity index (χ3v) is 4.55. The molecule has 1 fully saturated rings. The molecular formula is C20H25N3O. The summed E-state index contributed by atoms with van der Waals surface area (Å²) in [5.74, 6) is 0.111. The van der Waals surface area contributed by atoms with Gasteiger partial charge in [0.25, 0.3) is 5.91 Å². The molecule has 2 heterocycles. The first-order valence-corrected chi connectivity index (χ1v) is 8.60. The summed E-state index contributed by atoms with van der Waals surface area (Å²) in [5, 5.41) is 0. The van der Waals surface area contributed by atoms with Crippen LogP contribution in [0.1, 0.15) is 46.8 Å². The van der Waals surface area contributed by atoms with E-state index in [4.69, 9.17) is 0 Å². The molecule has 24 heavy (non-hydrogen) atoms. The Kier molecular flexibility index (Phi) is 5.26. The zero-order valence-corrected chi connectivity index (χ0v) is 14.5. The van der Waals surface area contributed by atoms with Gasteiger partial charge in [-0.05, 0) is 56.6 Å². The van der Waals surface area contributed by atoms with Crippen molar-refractivity contribution in [2.75, 3.05) is 20.6 Å². The van der Waals surface area contributed by atoms with E-state index in [1.165, 1.54) is 17.5 Å². The molecule has 0 radical (unpaired) electrons. The number of hydrogen-bond acceptors (Lipinski definition) is 3. The fraction of sp³-hybridized carbons (Fsp3) is 0.400. The lowest BCUT2D eigenvalue weighted by molar-refractivity contribution is 0.0611. The maximum absolute atomic E-state index is 12.9. The molecule has 1 atom stereocenters. The summed E-state index contributed by atoms with van der Waals surface area (Å²) in [6.45, 7) is 1.76. The molecule has 0 bridgehead atoms. The van der Waals surface area contributed by atoms with Gasteiger partial charge in [0.15, 0.2) is 0 Å². The van der Waals surface area contributed by atoms with E-state index < -0.39 is 0 Å². The maximum atomic E-state index is 12.9. The van der Waals surface area contributed by atoms with Crippen LogP contribution in [0, 0.1) is 0 Å². The largest absolute Gasteiger partial charge is 0.332 e. The highest BCUT2D eigenvalue weighted by Gasteiger charge is 2.28. The standard InChI is InChI=1S/C20H25N3O/c1-22(2)15-16-6-8-17(9-7-16)19-5-3-4-14-23(19)20(24)18-10-12-21-13-11-18/h6-13,19H,3-5,14-15H2,1-2H3. The lowest BCUT2D eigenvalue weighted by Crippen LogP contribution is -2.38. The molecular weight excluding hydrogens is 298 g/mol. The maximum Gasteiger partial charge on any atom is 0.254 e. The number of carbonyl (C=O) groups excluding carboxylic acids is 1. The van der Waals surface area contributed by atoms with Crippen LogP contribution >= 0.6 is 0 Å². The Morgan fingerprint density at radius 3 is 2.50 bits per heavy atom. The monoisotopic (exact) mass is 323 g/mol. The Bertz CT molecular complexity index is 667. The molecule has 1 aliphatic heterocycles. The number of carbonyl (C=O) groups is 1. The Morgan fingerprint density at radius 2 is 1.83 bits per heavy atom. The van der Waals surface area contributed by atoms with Gasteiger partial charge in [-0.3, -0.25) is 9.78 Å². The molecule has 1 aromatic heterocycles. The van der Waals surface area contributed by atoms with Crippen molar-refractivity contribution < 1.29 is 4.79 Å². The van der Waals surface area contributed by atoms with E-state index in [-0.39, 0.29) is 11.9 Å². The van der Waals surface area contributed by atoms with Crippen LogP contribution in [-0.2, 0) is 6.54 Å². The topological polar surface area (TPSA) is 36.4 Å². The van der Waals surface area contributed by atoms with Crippen LogP contribution in [0.25, 0.3) is 0 Å². The first kappa shape index (κ1) is 16.7. The van der Waals surface area contributed by atoms with E-state index in [1.807, 2.05) is 4.90 Å². The quantitative estimate of drug-likeness (QED) is 0.864. The first-order valence-electron chi connectivity index (χ1n) is 8.60. The summed E-state index contributed by atoms with van der Waals surface area (Å²) >= 11 is 0. The number of benzene rings is 1. The fourth-order valence-electron chi connectivity index (χ4n) is 3.39. The van der Waals surface area contributed by atoms with E-state index in [0.717, 1.165) is 31.5 Å². The molecule has 0 saturated carbocycles. The van der Waals surface area contributed by atoms with Gasteiger partial charge >= 0.3 is 0 Å². The van der Waals surface area contributed by atoms with E-state index >= 15 is 0 Å². The van der Waals surface area contributed by atoms with Crippen LogP contribution in [0.5, 0.6) is 0 Å². The number of pyridine rings is 1. The number of amides is 1. The summed E-state index contributed by atoms with van der Waals surface area (Å²) in [7, 11) is 4.15. The zero-order chi connectivity index (χ0) is 16.9. The summed E-state index contributed by atoms with van der Waals surface area (Å²) < 4.78 is 0. The van der Waals surface area contributed by atoms with Crippen molar-refractivity contribution in [2.24, 2.45) is 0 Å². The number of aromatic nitrogens is 1. The number of hydrogen-bond donors (Lipinski definition) is 0. The highest BCUT2D eigenvalue weighted by atomic mass is 16.2.